The van der Waals surface area contributed by atoms with Crippen LogP contribution in [-0.2, 0) is 4.74 Å². The van der Waals surface area contributed by atoms with E-state index in [1.165, 1.54) is 0 Å². The summed E-state index contributed by atoms with van der Waals surface area (Å²) in [5.74, 6) is -0.0624. The lowest BCUT2D eigenvalue weighted by Gasteiger charge is -2.03. The van der Waals surface area contributed by atoms with Crippen molar-refractivity contribution in [2.24, 2.45) is 0 Å². The van der Waals surface area contributed by atoms with Crippen LogP contribution in [0.15, 0.2) is 53.0 Å². The highest BCUT2D eigenvalue weighted by Gasteiger charge is 2.46. The molecule has 3 nitrogen and oxygen atoms in total. The monoisotopic (exact) mass is 317 g/mol. The molecule has 0 amide bonds. The van der Waals surface area contributed by atoms with Crippen molar-refractivity contribution in [3.05, 3.63) is 64.1 Å². The summed E-state index contributed by atoms with van der Waals surface area (Å²) >= 11 is 3.35. The highest BCUT2D eigenvalue weighted by atomic mass is 79.9. The number of benzene rings is 2. The average Bonchev–Trinajstić information content (AvgIpc) is 3.22. The summed E-state index contributed by atoms with van der Waals surface area (Å²) in [5, 5.41) is 0. The number of nitrogen functional groups attached to an aromatic ring is 1. The molecule has 1 aliphatic rings. The van der Waals surface area contributed by atoms with E-state index in [0.29, 0.717) is 11.3 Å². The van der Waals surface area contributed by atoms with Gasteiger partial charge in [-0.1, -0.05) is 46.3 Å². The molecule has 0 spiro atoms. The lowest BCUT2D eigenvalue weighted by molar-refractivity contribution is 0.0954. The van der Waals surface area contributed by atoms with Gasteiger partial charge in [0.1, 0.15) is 6.10 Å². The minimum absolute atomic E-state index is 0.0624. The third-order valence-corrected chi connectivity index (χ3v) is 3.65. The highest BCUT2D eigenvalue weighted by molar-refractivity contribution is 9.10. The molecule has 2 atom stereocenters. The number of ketones is 1. The van der Waals surface area contributed by atoms with Crippen LogP contribution in [0.3, 0.4) is 0 Å². The fourth-order valence-electron chi connectivity index (χ4n) is 2.10. The Bertz CT molecular complexity index is 627. The van der Waals surface area contributed by atoms with Gasteiger partial charge in [-0.05, 0) is 23.8 Å². The van der Waals surface area contributed by atoms with Crippen LogP contribution in [0.25, 0.3) is 0 Å². The predicted molar refractivity (Wildman–Crippen MR) is 76.9 cm³/mol. The van der Waals surface area contributed by atoms with Crippen molar-refractivity contribution in [2.45, 2.75) is 12.2 Å². The maximum atomic E-state index is 12.3. The third kappa shape index (κ3) is 2.41. The van der Waals surface area contributed by atoms with Crippen LogP contribution in [0.4, 0.5) is 5.69 Å². The summed E-state index contributed by atoms with van der Waals surface area (Å²) in [6.45, 7) is 0. The Morgan fingerprint density at radius 1 is 1.16 bits per heavy atom. The average molecular weight is 318 g/mol. The normalized spacial score (nSPS) is 21.1. The first-order valence-electron chi connectivity index (χ1n) is 5.96. The second-order valence-electron chi connectivity index (χ2n) is 4.48. The van der Waals surface area contributed by atoms with Crippen LogP contribution < -0.4 is 5.73 Å². The Labute approximate surface area is 119 Å². The second-order valence-corrected chi connectivity index (χ2v) is 5.40. The van der Waals surface area contributed by atoms with Gasteiger partial charge in [-0.25, -0.2) is 0 Å². The molecule has 19 heavy (non-hydrogen) atoms. The number of epoxide rings is 1. The number of carbonyl (C=O) groups excluding carboxylic acids is 1. The number of halogens is 1. The number of hydrogen-bond acceptors (Lipinski definition) is 3. The molecule has 0 bridgehead atoms. The Balaban J connectivity index is 1.82. The lowest BCUT2D eigenvalue weighted by atomic mass is 10.0. The smallest absolute Gasteiger partial charge is 0.196 e. The zero-order valence-electron chi connectivity index (χ0n) is 10.0. The minimum atomic E-state index is -0.418. The molecule has 3 rings (SSSR count). The quantitative estimate of drug-likeness (QED) is 0.536. The van der Waals surface area contributed by atoms with E-state index in [2.05, 4.69) is 15.9 Å². The first kappa shape index (κ1) is 12.4. The minimum Gasteiger partial charge on any atom is -0.398 e. The largest absolute Gasteiger partial charge is 0.398 e. The van der Waals surface area contributed by atoms with Crippen molar-refractivity contribution >= 4 is 27.4 Å². The van der Waals surface area contributed by atoms with Crippen LogP contribution in [-0.4, -0.2) is 11.9 Å². The van der Waals surface area contributed by atoms with E-state index in [4.69, 9.17) is 10.5 Å². The van der Waals surface area contributed by atoms with Gasteiger partial charge in [0, 0.05) is 15.7 Å². The maximum Gasteiger partial charge on any atom is 0.196 e. The number of nitrogens with two attached hydrogens (primary N) is 1. The fraction of sp³-hybridized carbons (Fsp3) is 0.133. The number of carbonyl (C=O) groups is 1. The van der Waals surface area contributed by atoms with Crippen molar-refractivity contribution < 1.29 is 9.53 Å². The zero-order valence-corrected chi connectivity index (χ0v) is 11.6. The summed E-state index contributed by atoms with van der Waals surface area (Å²) < 4.78 is 6.33. The van der Waals surface area contributed by atoms with Crippen molar-refractivity contribution in [1.82, 2.24) is 0 Å². The lowest BCUT2D eigenvalue weighted by Crippen LogP contribution is -2.11. The van der Waals surface area contributed by atoms with Gasteiger partial charge in [-0.2, -0.15) is 0 Å². The van der Waals surface area contributed by atoms with Gasteiger partial charge in [0.25, 0.3) is 0 Å². The molecule has 4 heteroatoms. The zero-order chi connectivity index (χ0) is 13.4. The number of ether oxygens (including phenoxy) is 1. The Morgan fingerprint density at radius 3 is 2.63 bits per heavy atom. The van der Waals surface area contributed by atoms with Gasteiger partial charge < -0.3 is 10.5 Å². The molecule has 2 aromatic carbocycles. The molecule has 1 heterocycles. The van der Waals surface area contributed by atoms with Gasteiger partial charge in [0.05, 0.1) is 0 Å². The fourth-order valence-corrected chi connectivity index (χ4v) is 2.46. The standard InChI is InChI=1S/C15H12BrNO2/c16-10-6-7-12(17)11(8-10)13(18)15-14(19-15)9-4-2-1-3-5-9/h1-8,14-15H,17H2/t14-,15-/m1/s1. The molecule has 0 aromatic heterocycles. The number of rotatable bonds is 3. The van der Waals surface area contributed by atoms with Gasteiger partial charge in [-0.3, -0.25) is 4.79 Å². The number of hydrogen-bond donors (Lipinski definition) is 1. The van der Waals surface area contributed by atoms with Crippen molar-refractivity contribution in [2.75, 3.05) is 5.73 Å². The molecular weight excluding hydrogens is 306 g/mol. The van der Waals surface area contributed by atoms with Crippen LogP contribution in [0, 0.1) is 0 Å². The third-order valence-electron chi connectivity index (χ3n) is 3.16. The predicted octanol–water partition coefficient (Wildman–Crippen LogP) is 3.35. The Morgan fingerprint density at radius 2 is 1.89 bits per heavy atom. The molecule has 2 N–H and O–H groups in total. The van der Waals surface area contributed by atoms with Gasteiger partial charge >= 0.3 is 0 Å². The first-order chi connectivity index (χ1) is 9.16. The summed E-state index contributed by atoms with van der Waals surface area (Å²) in [6, 6.07) is 15.0. The topological polar surface area (TPSA) is 55.6 Å². The molecule has 2 aromatic rings. The molecule has 96 valence electrons. The van der Waals surface area contributed by atoms with Gasteiger partial charge in [0.2, 0.25) is 0 Å². The van der Waals surface area contributed by atoms with E-state index in [1.54, 1.807) is 12.1 Å². The van der Waals surface area contributed by atoms with Crippen molar-refractivity contribution in [1.29, 1.82) is 0 Å². The van der Waals surface area contributed by atoms with Crippen LogP contribution >= 0.6 is 15.9 Å². The molecular formula is C15H12BrNO2. The van der Waals surface area contributed by atoms with E-state index in [9.17, 15) is 4.79 Å². The number of anilines is 1. The van der Waals surface area contributed by atoms with E-state index in [0.717, 1.165) is 10.0 Å². The number of Topliss-reactive ketones (excluding diaryl/α,β-unsaturated/α-hetero) is 1. The summed E-state index contributed by atoms with van der Waals surface area (Å²) in [7, 11) is 0. The van der Waals surface area contributed by atoms with Gasteiger partial charge in [0.15, 0.2) is 11.9 Å². The molecule has 0 saturated carbocycles. The van der Waals surface area contributed by atoms with Crippen molar-refractivity contribution in [3.8, 4) is 0 Å². The van der Waals surface area contributed by atoms with Crippen LogP contribution in [0.1, 0.15) is 22.0 Å². The van der Waals surface area contributed by atoms with E-state index in [-0.39, 0.29) is 11.9 Å². The van der Waals surface area contributed by atoms with Gasteiger partial charge in [-0.15, -0.1) is 0 Å². The Kier molecular flexibility index (Phi) is 3.12. The molecule has 1 aliphatic heterocycles. The first-order valence-corrected chi connectivity index (χ1v) is 6.76. The van der Waals surface area contributed by atoms with E-state index in [1.807, 2.05) is 36.4 Å². The van der Waals surface area contributed by atoms with E-state index >= 15 is 0 Å². The van der Waals surface area contributed by atoms with Crippen LogP contribution in [0.5, 0.6) is 0 Å². The van der Waals surface area contributed by atoms with E-state index < -0.39 is 6.10 Å². The molecule has 1 saturated heterocycles. The SMILES string of the molecule is Nc1ccc(Br)cc1C(=O)[C@H]1O[C@@H]1c1ccccc1. The molecule has 0 radical (unpaired) electrons. The van der Waals surface area contributed by atoms with Crippen molar-refractivity contribution in [3.63, 3.8) is 0 Å². The second kappa shape index (κ2) is 4.79. The summed E-state index contributed by atoms with van der Waals surface area (Å²) in [5.41, 5.74) is 7.86. The summed E-state index contributed by atoms with van der Waals surface area (Å²) in [4.78, 5) is 12.3. The maximum absolute atomic E-state index is 12.3. The molecule has 0 aliphatic carbocycles. The Hall–Kier alpha value is -1.65. The van der Waals surface area contributed by atoms with Crippen LogP contribution in [0.2, 0.25) is 0 Å². The molecule has 0 unspecified atom stereocenters. The summed E-state index contributed by atoms with van der Waals surface area (Å²) in [6.07, 6.45) is -0.564. The molecule has 1 fully saturated rings. The highest BCUT2D eigenvalue weighted by Crippen LogP contribution is 2.41.